The molecule has 0 N–H and O–H groups in total. The van der Waals surface area contributed by atoms with E-state index in [1.165, 1.54) is 0 Å². The highest BCUT2D eigenvalue weighted by Gasteiger charge is 2.08. The number of hydrogen-bond donors (Lipinski definition) is 0. The van der Waals surface area contributed by atoms with Gasteiger partial charge >= 0.3 is 0 Å². The second-order valence-corrected chi connectivity index (χ2v) is 4.97. The monoisotopic (exact) mass is 279 g/mol. The van der Waals surface area contributed by atoms with Crippen molar-refractivity contribution in [3.63, 3.8) is 0 Å². The Morgan fingerprint density at radius 3 is 2.55 bits per heavy atom. The third-order valence-corrected chi connectivity index (χ3v) is 3.66. The summed E-state index contributed by atoms with van der Waals surface area (Å²) in [6.07, 6.45) is 1.98. The molecule has 2 aromatic carbocycles. The first kappa shape index (κ1) is 11.4. The van der Waals surface area contributed by atoms with Gasteiger partial charge in [0, 0.05) is 16.8 Å². The Kier molecular flexibility index (Phi) is 2.47. The standard InChI is InChI=1S/C16H10ClN3/c17-12-6-2-1-5-11(12)13-9-10-20-15-8-4-3-7-14(15)19-16(20)18-13/h1-10H. The van der Waals surface area contributed by atoms with Gasteiger partial charge in [-0.3, -0.25) is 4.40 Å². The second-order valence-electron chi connectivity index (χ2n) is 4.56. The van der Waals surface area contributed by atoms with Crippen molar-refractivity contribution in [3.8, 4) is 11.3 Å². The van der Waals surface area contributed by atoms with Crippen LogP contribution in [0.5, 0.6) is 0 Å². The van der Waals surface area contributed by atoms with Crippen LogP contribution >= 0.6 is 11.6 Å². The maximum Gasteiger partial charge on any atom is 0.235 e. The summed E-state index contributed by atoms with van der Waals surface area (Å²) in [5.74, 6) is 0.684. The highest BCUT2D eigenvalue weighted by molar-refractivity contribution is 6.33. The number of hydrogen-bond acceptors (Lipinski definition) is 2. The number of aromatic nitrogens is 3. The van der Waals surface area contributed by atoms with E-state index in [9.17, 15) is 0 Å². The lowest BCUT2D eigenvalue weighted by atomic mass is 10.1. The van der Waals surface area contributed by atoms with Gasteiger partial charge in [0.25, 0.3) is 0 Å². The Bertz CT molecular complexity index is 927. The molecular formula is C16H10ClN3. The molecule has 20 heavy (non-hydrogen) atoms. The molecule has 0 aliphatic carbocycles. The van der Waals surface area contributed by atoms with Crippen molar-refractivity contribution in [2.45, 2.75) is 0 Å². The number of benzene rings is 2. The number of halogens is 1. The van der Waals surface area contributed by atoms with E-state index in [-0.39, 0.29) is 0 Å². The number of rotatable bonds is 1. The first-order chi connectivity index (χ1) is 9.83. The Morgan fingerprint density at radius 2 is 1.65 bits per heavy atom. The maximum atomic E-state index is 6.22. The molecule has 0 aliphatic rings. The Morgan fingerprint density at radius 1 is 0.850 bits per heavy atom. The zero-order valence-electron chi connectivity index (χ0n) is 10.5. The molecule has 0 amide bonds. The van der Waals surface area contributed by atoms with Gasteiger partial charge in [-0.2, -0.15) is 0 Å². The molecule has 0 saturated heterocycles. The van der Waals surface area contributed by atoms with E-state index in [0.717, 1.165) is 22.3 Å². The average Bonchev–Trinajstić information content (AvgIpc) is 2.85. The van der Waals surface area contributed by atoms with Crippen LogP contribution in [-0.4, -0.2) is 14.4 Å². The van der Waals surface area contributed by atoms with Gasteiger partial charge in [-0.1, -0.05) is 41.9 Å². The molecule has 0 atom stereocenters. The van der Waals surface area contributed by atoms with Crippen LogP contribution in [-0.2, 0) is 0 Å². The minimum Gasteiger partial charge on any atom is -0.284 e. The fraction of sp³-hybridized carbons (Fsp3) is 0. The van der Waals surface area contributed by atoms with Gasteiger partial charge in [-0.25, -0.2) is 9.97 Å². The normalized spacial score (nSPS) is 11.2. The van der Waals surface area contributed by atoms with Crippen molar-refractivity contribution in [1.82, 2.24) is 14.4 Å². The molecule has 0 unspecified atom stereocenters. The van der Waals surface area contributed by atoms with Gasteiger partial charge in [0.05, 0.1) is 16.7 Å². The molecule has 0 spiro atoms. The van der Waals surface area contributed by atoms with Crippen LogP contribution in [0, 0.1) is 0 Å². The molecule has 2 heterocycles. The third kappa shape index (κ3) is 1.67. The van der Waals surface area contributed by atoms with Crippen LogP contribution in [0.1, 0.15) is 0 Å². The molecule has 0 aliphatic heterocycles. The molecule has 0 bridgehead atoms. The van der Waals surface area contributed by atoms with Crippen LogP contribution in [0.4, 0.5) is 0 Å². The minimum atomic E-state index is 0.684. The SMILES string of the molecule is Clc1ccccc1-c1ccn2c(n1)nc1ccccc12. The first-order valence-electron chi connectivity index (χ1n) is 6.32. The molecule has 96 valence electrons. The smallest absolute Gasteiger partial charge is 0.235 e. The lowest BCUT2D eigenvalue weighted by Gasteiger charge is -2.03. The second kappa shape index (κ2) is 4.32. The van der Waals surface area contributed by atoms with E-state index in [0.29, 0.717) is 10.8 Å². The molecule has 4 heteroatoms. The quantitative estimate of drug-likeness (QED) is 0.523. The number of imidazole rings is 1. The largest absolute Gasteiger partial charge is 0.284 e. The summed E-state index contributed by atoms with van der Waals surface area (Å²) >= 11 is 6.22. The van der Waals surface area contributed by atoms with E-state index in [4.69, 9.17) is 11.6 Å². The van der Waals surface area contributed by atoms with Crippen molar-refractivity contribution in [1.29, 1.82) is 0 Å². The summed E-state index contributed by atoms with van der Waals surface area (Å²) in [7, 11) is 0. The fourth-order valence-electron chi connectivity index (χ4n) is 2.37. The predicted molar refractivity (Wildman–Crippen MR) is 80.9 cm³/mol. The number of nitrogens with zero attached hydrogens (tertiary/aromatic N) is 3. The van der Waals surface area contributed by atoms with E-state index in [1.54, 1.807) is 0 Å². The fourth-order valence-corrected chi connectivity index (χ4v) is 2.60. The van der Waals surface area contributed by atoms with Crippen molar-refractivity contribution in [2.24, 2.45) is 0 Å². The molecule has 3 nitrogen and oxygen atoms in total. The summed E-state index contributed by atoms with van der Waals surface area (Å²) in [6, 6.07) is 17.6. The summed E-state index contributed by atoms with van der Waals surface area (Å²) in [4.78, 5) is 9.15. The maximum absolute atomic E-state index is 6.22. The number of para-hydroxylation sites is 2. The van der Waals surface area contributed by atoms with E-state index in [1.807, 2.05) is 65.2 Å². The van der Waals surface area contributed by atoms with Gasteiger partial charge in [0.15, 0.2) is 0 Å². The van der Waals surface area contributed by atoms with Crippen LogP contribution in [0.2, 0.25) is 5.02 Å². The summed E-state index contributed by atoms with van der Waals surface area (Å²) in [5, 5.41) is 0.695. The summed E-state index contributed by atoms with van der Waals surface area (Å²) < 4.78 is 1.98. The lowest BCUT2D eigenvalue weighted by molar-refractivity contribution is 1.14. The number of fused-ring (bicyclic) bond motifs is 3. The van der Waals surface area contributed by atoms with Crippen molar-refractivity contribution in [2.75, 3.05) is 0 Å². The lowest BCUT2D eigenvalue weighted by Crippen LogP contribution is -1.91. The van der Waals surface area contributed by atoms with E-state index < -0.39 is 0 Å². The summed E-state index contributed by atoms with van der Waals surface area (Å²) in [5.41, 5.74) is 3.75. The third-order valence-electron chi connectivity index (χ3n) is 3.33. The molecule has 0 fully saturated rings. The topological polar surface area (TPSA) is 30.2 Å². The highest BCUT2D eigenvalue weighted by atomic mass is 35.5. The highest BCUT2D eigenvalue weighted by Crippen LogP contribution is 2.26. The van der Waals surface area contributed by atoms with Gasteiger partial charge in [-0.15, -0.1) is 0 Å². The Labute approximate surface area is 120 Å². The van der Waals surface area contributed by atoms with Crippen molar-refractivity contribution >= 4 is 28.4 Å². The molecule has 4 rings (SSSR count). The van der Waals surface area contributed by atoms with Crippen LogP contribution in [0.25, 0.3) is 28.1 Å². The van der Waals surface area contributed by atoms with Crippen LogP contribution in [0.3, 0.4) is 0 Å². The van der Waals surface area contributed by atoms with E-state index >= 15 is 0 Å². The molecular weight excluding hydrogens is 270 g/mol. The van der Waals surface area contributed by atoms with Crippen LogP contribution < -0.4 is 0 Å². The Balaban J connectivity index is 2.00. The minimum absolute atomic E-state index is 0.684. The molecule has 0 saturated carbocycles. The van der Waals surface area contributed by atoms with Gasteiger partial charge < -0.3 is 0 Å². The molecule has 2 aromatic heterocycles. The van der Waals surface area contributed by atoms with Gasteiger partial charge in [0.2, 0.25) is 5.78 Å². The summed E-state index contributed by atoms with van der Waals surface area (Å²) in [6.45, 7) is 0. The van der Waals surface area contributed by atoms with Crippen molar-refractivity contribution in [3.05, 3.63) is 65.8 Å². The zero-order valence-corrected chi connectivity index (χ0v) is 11.2. The van der Waals surface area contributed by atoms with Crippen LogP contribution in [0.15, 0.2) is 60.8 Å². The average molecular weight is 280 g/mol. The Hall–Kier alpha value is -2.39. The van der Waals surface area contributed by atoms with Gasteiger partial charge in [-0.05, 0) is 24.3 Å². The first-order valence-corrected chi connectivity index (χ1v) is 6.69. The molecule has 0 radical (unpaired) electrons. The van der Waals surface area contributed by atoms with Gasteiger partial charge in [0.1, 0.15) is 0 Å². The zero-order chi connectivity index (χ0) is 13.5. The van der Waals surface area contributed by atoms with E-state index in [2.05, 4.69) is 9.97 Å². The molecule has 4 aromatic rings. The predicted octanol–water partition coefficient (Wildman–Crippen LogP) is 4.20. The van der Waals surface area contributed by atoms with Crippen molar-refractivity contribution < 1.29 is 0 Å².